The molecule has 0 spiro atoms. The van der Waals surface area contributed by atoms with E-state index in [4.69, 9.17) is 4.74 Å². The molecule has 1 fully saturated rings. The van der Waals surface area contributed by atoms with Crippen LogP contribution in [0.15, 0.2) is 0 Å². The number of ether oxygens (including phenoxy) is 1. The molecule has 1 amide bonds. The summed E-state index contributed by atoms with van der Waals surface area (Å²) < 4.78 is 5.19. The van der Waals surface area contributed by atoms with Crippen LogP contribution < -0.4 is 5.32 Å². The van der Waals surface area contributed by atoms with Gasteiger partial charge in [0.05, 0.1) is 5.41 Å². The number of carboxylic acids is 1. The molecule has 2 N–H and O–H groups in total. The molecule has 1 aliphatic heterocycles. The van der Waals surface area contributed by atoms with Crippen LogP contribution in [0.25, 0.3) is 0 Å². The van der Waals surface area contributed by atoms with E-state index in [1.165, 1.54) is 0 Å². The van der Waals surface area contributed by atoms with Crippen LogP contribution in [0, 0.1) is 11.3 Å². The third-order valence-electron chi connectivity index (χ3n) is 3.76. The van der Waals surface area contributed by atoms with Crippen LogP contribution in [0.2, 0.25) is 0 Å². The van der Waals surface area contributed by atoms with Crippen LogP contribution >= 0.6 is 0 Å². The molecule has 0 bridgehead atoms. The Morgan fingerprint density at radius 3 is 2.50 bits per heavy atom. The van der Waals surface area contributed by atoms with Gasteiger partial charge >= 0.3 is 5.97 Å². The van der Waals surface area contributed by atoms with Crippen molar-refractivity contribution < 1.29 is 19.4 Å². The van der Waals surface area contributed by atoms with Crippen molar-refractivity contribution >= 4 is 11.9 Å². The predicted octanol–water partition coefficient (Wildman–Crippen LogP) is 1.42. The van der Waals surface area contributed by atoms with E-state index in [1.807, 2.05) is 13.8 Å². The van der Waals surface area contributed by atoms with Crippen molar-refractivity contribution in [1.82, 2.24) is 5.32 Å². The largest absolute Gasteiger partial charge is 0.481 e. The van der Waals surface area contributed by atoms with Gasteiger partial charge in [-0.25, -0.2) is 0 Å². The first-order valence-corrected chi connectivity index (χ1v) is 6.58. The highest BCUT2D eigenvalue weighted by Gasteiger charge is 2.40. The molecule has 18 heavy (non-hydrogen) atoms. The van der Waals surface area contributed by atoms with E-state index in [9.17, 15) is 14.7 Å². The number of nitrogens with one attached hydrogen (secondary N) is 1. The van der Waals surface area contributed by atoms with E-state index >= 15 is 0 Å². The fraction of sp³-hybridized carbons (Fsp3) is 0.846. The summed E-state index contributed by atoms with van der Waals surface area (Å²) in [5.41, 5.74) is -0.844. The highest BCUT2D eigenvalue weighted by atomic mass is 16.5. The van der Waals surface area contributed by atoms with Gasteiger partial charge in [0.15, 0.2) is 0 Å². The summed E-state index contributed by atoms with van der Waals surface area (Å²) in [6, 6.07) is 0. The summed E-state index contributed by atoms with van der Waals surface area (Å²) in [5, 5.41) is 12.1. The van der Waals surface area contributed by atoms with Gasteiger partial charge < -0.3 is 15.2 Å². The van der Waals surface area contributed by atoms with Gasteiger partial charge in [0.25, 0.3) is 0 Å². The molecule has 0 saturated carbocycles. The Bertz CT molecular complexity index is 297. The lowest BCUT2D eigenvalue weighted by Gasteiger charge is -2.33. The Kier molecular flexibility index (Phi) is 5.59. The number of hydrogen-bond donors (Lipinski definition) is 2. The minimum absolute atomic E-state index is 0.0588. The zero-order chi connectivity index (χ0) is 13.6. The Balaban J connectivity index is 2.47. The van der Waals surface area contributed by atoms with Crippen molar-refractivity contribution in [2.45, 2.75) is 39.5 Å². The minimum Gasteiger partial charge on any atom is -0.481 e. The lowest BCUT2D eigenvalue weighted by molar-refractivity contribution is -0.154. The van der Waals surface area contributed by atoms with E-state index in [2.05, 4.69) is 5.32 Å². The molecule has 1 atom stereocenters. The number of carbonyl (C=O) groups excluding carboxylic acids is 1. The Hall–Kier alpha value is -1.10. The number of carboxylic acid groups (broad SMARTS) is 1. The molecule has 1 unspecified atom stereocenters. The van der Waals surface area contributed by atoms with Crippen molar-refractivity contribution in [2.24, 2.45) is 11.3 Å². The average molecular weight is 257 g/mol. The van der Waals surface area contributed by atoms with Gasteiger partial charge in [-0.05, 0) is 18.8 Å². The van der Waals surface area contributed by atoms with Crippen LogP contribution in [0.5, 0.6) is 0 Å². The number of carbonyl (C=O) groups is 2. The third-order valence-corrected chi connectivity index (χ3v) is 3.76. The predicted molar refractivity (Wildman–Crippen MR) is 67.2 cm³/mol. The molecule has 104 valence electrons. The normalized spacial score (nSPS) is 20.1. The molecule has 0 radical (unpaired) electrons. The fourth-order valence-electron chi connectivity index (χ4n) is 2.03. The second-order valence-corrected chi connectivity index (χ2v) is 5.19. The first-order valence-electron chi connectivity index (χ1n) is 6.58. The molecule has 0 aromatic heterocycles. The second-order valence-electron chi connectivity index (χ2n) is 5.19. The van der Waals surface area contributed by atoms with Gasteiger partial charge in [-0.15, -0.1) is 0 Å². The molecule has 0 aromatic carbocycles. The fourth-order valence-corrected chi connectivity index (χ4v) is 2.03. The number of hydrogen-bond acceptors (Lipinski definition) is 3. The van der Waals surface area contributed by atoms with Crippen LogP contribution in [0.1, 0.15) is 39.5 Å². The summed E-state index contributed by atoms with van der Waals surface area (Å²) in [7, 11) is 0. The van der Waals surface area contributed by atoms with Gasteiger partial charge in [-0.1, -0.05) is 20.3 Å². The van der Waals surface area contributed by atoms with Gasteiger partial charge in [-0.3, -0.25) is 9.59 Å². The van der Waals surface area contributed by atoms with Crippen LogP contribution in [0.3, 0.4) is 0 Å². The van der Waals surface area contributed by atoms with Crippen LogP contribution in [-0.2, 0) is 14.3 Å². The van der Waals surface area contributed by atoms with Crippen molar-refractivity contribution in [1.29, 1.82) is 0 Å². The Morgan fingerprint density at radius 1 is 1.39 bits per heavy atom. The monoisotopic (exact) mass is 257 g/mol. The summed E-state index contributed by atoms with van der Waals surface area (Å²) in [6.07, 6.45) is 2.34. The number of amides is 1. The van der Waals surface area contributed by atoms with Crippen molar-refractivity contribution in [3.63, 3.8) is 0 Å². The minimum atomic E-state index is -0.844. The van der Waals surface area contributed by atoms with Gasteiger partial charge in [0.2, 0.25) is 5.91 Å². The van der Waals surface area contributed by atoms with E-state index < -0.39 is 11.4 Å². The highest BCUT2D eigenvalue weighted by molar-refractivity contribution is 5.79. The van der Waals surface area contributed by atoms with E-state index in [1.54, 1.807) is 0 Å². The molecule has 1 rings (SSSR count). The number of rotatable bonds is 6. The van der Waals surface area contributed by atoms with E-state index in [0.29, 0.717) is 38.4 Å². The molecule has 0 aromatic rings. The molecule has 1 aliphatic rings. The van der Waals surface area contributed by atoms with Crippen LogP contribution in [0.4, 0.5) is 0 Å². The topological polar surface area (TPSA) is 75.6 Å². The van der Waals surface area contributed by atoms with E-state index in [0.717, 1.165) is 6.42 Å². The summed E-state index contributed by atoms with van der Waals surface area (Å²) >= 11 is 0. The Labute approximate surface area is 108 Å². The molecule has 1 heterocycles. The first-order chi connectivity index (χ1) is 8.50. The second kappa shape index (κ2) is 6.73. The molecule has 5 heteroatoms. The van der Waals surface area contributed by atoms with Crippen LogP contribution in [-0.4, -0.2) is 36.7 Å². The van der Waals surface area contributed by atoms with E-state index in [-0.39, 0.29) is 12.5 Å². The molecule has 5 nitrogen and oxygen atoms in total. The maximum Gasteiger partial charge on any atom is 0.311 e. The molecular weight excluding hydrogens is 234 g/mol. The quantitative estimate of drug-likeness (QED) is 0.754. The SMILES string of the molecule is CCC(C)CC(=O)NCC1(C(=O)O)CCOCC1. The standard InChI is InChI=1S/C13H23NO4/c1-3-10(2)8-11(15)14-9-13(12(16)17)4-6-18-7-5-13/h10H,3-9H2,1-2H3,(H,14,15)(H,16,17). The average Bonchev–Trinajstić information content (AvgIpc) is 2.37. The maximum atomic E-state index is 11.7. The zero-order valence-corrected chi connectivity index (χ0v) is 11.2. The molecule has 0 aliphatic carbocycles. The summed E-state index contributed by atoms with van der Waals surface area (Å²) in [6.45, 7) is 5.16. The summed E-state index contributed by atoms with van der Waals surface area (Å²) in [5.74, 6) is -0.563. The van der Waals surface area contributed by atoms with Crippen molar-refractivity contribution in [3.05, 3.63) is 0 Å². The Morgan fingerprint density at radius 2 is 2.00 bits per heavy atom. The van der Waals surface area contributed by atoms with Crippen molar-refractivity contribution in [2.75, 3.05) is 19.8 Å². The number of aliphatic carboxylic acids is 1. The molecular formula is C13H23NO4. The van der Waals surface area contributed by atoms with Gasteiger partial charge in [0.1, 0.15) is 0 Å². The first kappa shape index (κ1) is 15.0. The zero-order valence-electron chi connectivity index (χ0n) is 11.2. The lowest BCUT2D eigenvalue weighted by atomic mass is 9.80. The smallest absolute Gasteiger partial charge is 0.311 e. The van der Waals surface area contributed by atoms with Gasteiger partial charge in [0, 0.05) is 26.2 Å². The highest BCUT2D eigenvalue weighted by Crippen LogP contribution is 2.30. The third kappa shape index (κ3) is 3.98. The van der Waals surface area contributed by atoms with Gasteiger partial charge in [-0.2, -0.15) is 0 Å². The summed E-state index contributed by atoms with van der Waals surface area (Å²) in [4.78, 5) is 23.0. The molecule has 1 saturated heterocycles. The maximum absolute atomic E-state index is 11.7. The van der Waals surface area contributed by atoms with Crippen molar-refractivity contribution in [3.8, 4) is 0 Å². The lowest BCUT2D eigenvalue weighted by Crippen LogP contribution is -2.46.